The number of hydrogen-bond acceptors (Lipinski definition) is 5. The van der Waals surface area contributed by atoms with Gasteiger partial charge in [0.25, 0.3) is 0 Å². The molecule has 0 radical (unpaired) electrons. The van der Waals surface area contributed by atoms with Crippen LogP contribution in [0.2, 0.25) is 0 Å². The van der Waals surface area contributed by atoms with Gasteiger partial charge in [0.1, 0.15) is 18.5 Å². The van der Waals surface area contributed by atoms with Crippen LogP contribution in [0.4, 0.5) is 5.69 Å². The van der Waals surface area contributed by atoms with E-state index in [-0.39, 0.29) is 17.3 Å². The number of nitrogen functional groups attached to an aromatic ring is 1. The van der Waals surface area contributed by atoms with Crippen molar-refractivity contribution in [2.45, 2.75) is 63.8 Å². The van der Waals surface area contributed by atoms with Gasteiger partial charge in [0.2, 0.25) is 0 Å². The van der Waals surface area contributed by atoms with Crippen molar-refractivity contribution >= 4 is 22.4 Å². The lowest BCUT2D eigenvalue weighted by molar-refractivity contribution is -0.141. The van der Waals surface area contributed by atoms with Gasteiger partial charge < -0.3 is 24.9 Å². The summed E-state index contributed by atoms with van der Waals surface area (Å²) >= 11 is 0. The molecule has 3 aliphatic rings. The van der Waals surface area contributed by atoms with E-state index in [0.29, 0.717) is 19.1 Å². The van der Waals surface area contributed by atoms with E-state index in [9.17, 15) is 4.79 Å². The predicted molar refractivity (Wildman–Crippen MR) is 127 cm³/mol. The molecule has 172 valence electrons. The quantitative estimate of drug-likeness (QED) is 0.549. The molecule has 2 aromatic carbocycles. The van der Waals surface area contributed by atoms with E-state index in [1.807, 2.05) is 44.2 Å². The third kappa shape index (κ3) is 3.19. The number of aromatic nitrogens is 1. The summed E-state index contributed by atoms with van der Waals surface area (Å²) in [5.74, 6) is 0.692. The summed E-state index contributed by atoms with van der Waals surface area (Å²) in [6, 6.07) is 9.71. The molecule has 1 aromatic heterocycles. The van der Waals surface area contributed by atoms with E-state index in [2.05, 4.69) is 18.8 Å². The Kier molecular flexibility index (Phi) is 4.30. The molecular weight excluding hydrogens is 416 g/mol. The highest BCUT2D eigenvalue weighted by atomic mass is 16.7. The first-order valence-electron chi connectivity index (χ1n) is 11.7. The number of ketones is 1. The fourth-order valence-corrected chi connectivity index (χ4v) is 5.45. The summed E-state index contributed by atoms with van der Waals surface area (Å²) in [4.78, 5) is 17.3. The highest BCUT2D eigenvalue weighted by Gasteiger charge is 2.41. The number of aromatic amines is 1. The van der Waals surface area contributed by atoms with Crippen LogP contribution >= 0.6 is 0 Å². The molecule has 1 saturated carbocycles. The number of H-pyrrole nitrogens is 1. The van der Waals surface area contributed by atoms with Crippen LogP contribution in [0, 0.1) is 0 Å². The highest BCUT2D eigenvalue weighted by molar-refractivity contribution is 6.20. The minimum absolute atomic E-state index is 0.0536. The van der Waals surface area contributed by atoms with Crippen molar-refractivity contribution in [2.24, 2.45) is 0 Å². The summed E-state index contributed by atoms with van der Waals surface area (Å²) in [6.07, 6.45) is 2.19. The molecule has 1 atom stereocenters. The number of ether oxygens (including phenoxy) is 3. The molecule has 6 heteroatoms. The number of carbonyl (C=O) groups is 1. The molecule has 0 amide bonds. The normalized spacial score (nSPS) is 22.9. The van der Waals surface area contributed by atoms with Gasteiger partial charge in [-0.1, -0.05) is 19.9 Å². The van der Waals surface area contributed by atoms with Gasteiger partial charge in [-0.2, -0.15) is 0 Å². The molecule has 3 aromatic rings. The molecule has 33 heavy (non-hydrogen) atoms. The largest absolute Gasteiger partial charge is 0.491 e. The van der Waals surface area contributed by atoms with Crippen molar-refractivity contribution < 1.29 is 19.0 Å². The molecule has 3 N–H and O–H groups in total. The fourth-order valence-electron chi connectivity index (χ4n) is 5.45. The summed E-state index contributed by atoms with van der Waals surface area (Å²) in [7, 11) is 0. The van der Waals surface area contributed by atoms with Gasteiger partial charge in [0.15, 0.2) is 11.6 Å². The van der Waals surface area contributed by atoms with Crippen LogP contribution in [0.3, 0.4) is 0 Å². The summed E-state index contributed by atoms with van der Waals surface area (Å²) in [5, 5.41) is 0.978. The van der Waals surface area contributed by atoms with Crippen LogP contribution in [0.1, 0.15) is 79.2 Å². The second kappa shape index (κ2) is 6.84. The Hall–Kier alpha value is -2.83. The van der Waals surface area contributed by atoms with E-state index in [1.165, 1.54) is 5.56 Å². The number of carbonyl (C=O) groups excluding carboxylic acids is 1. The van der Waals surface area contributed by atoms with Gasteiger partial charge in [0, 0.05) is 33.3 Å². The zero-order valence-corrected chi connectivity index (χ0v) is 19.6. The van der Waals surface area contributed by atoms with E-state index >= 15 is 0 Å². The van der Waals surface area contributed by atoms with Crippen LogP contribution in [0.25, 0.3) is 10.9 Å². The second-order valence-electron chi connectivity index (χ2n) is 10.6. The lowest BCUT2D eigenvalue weighted by Crippen LogP contribution is -2.30. The van der Waals surface area contributed by atoms with Crippen LogP contribution in [0.5, 0.6) is 5.75 Å². The third-order valence-corrected chi connectivity index (χ3v) is 7.30. The Morgan fingerprint density at radius 1 is 1.15 bits per heavy atom. The van der Waals surface area contributed by atoms with E-state index < -0.39 is 5.79 Å². The van der Waals surface area contributed by atoms with Gasteiger partial charge in [-0.25, -0.2) is 0 Å². The number of anilines is 1. The fraction of sp³-hybridized carbons (Fsp3) is 0.444. The first kappa shape index (κ1) is 20.8. The Bertz CT molecular complexity index is 1300. The molecule has 1 saturated heterocycles. The molecule has 1 aliphatic heterocycles. The maximum atomic E-state index is 13.7. The Balaban J connectivity index is 1.38. The predicted octanol–water partition coefficient (Wildman–Crippen LogP) is 5.03. The molecule has 6 rings (SSSR count). The lowest BCUT2D eigenvalue weighted by Gasteiger charge is -2.32. The number of fused-ring (bicyclic) bond motifs is 4. The van der Waals surface area contributed by atoms with Gasteiger partial charge in [-0.15, -0.1) is 0 Å². The first-order chi connectivity index (χ1) is 15.7. The standard InChI is InChI=1S/C27H30N2O4/c1-26(2)19-11-15(31-12-16-13-32-27(3,4)33-16)7-8-17(19)24(30)22-18-9-10-20(28)21(14-5-6-14)23(18)29-25(22)26/h7-11,14,16,29H,5-6,12-13,28H2,1-4H3/t16-/m0/s1. The minimum Gasteiger partial charge on any atom is -0.491 e. The molecule has 0 spiro atoms. The van der Waals surface area contributed by atoms with Gasteiger partial charge in [-0.05, 0) is 62.4 Å². The molecule has 2 heterocycles. The van der Waals surface area contributed by atoms with Gasteiger partial charge in [-0.3, -0.25) is 4.79 Å². The molecular formula is C27H30N2O4. The Morgan fingerprint density at radius 2 is 1.94 bits per heavy atom. The summed E-state index contributed by atoms with van der Waals surface area (Å²) in [6.45, 7) is 9.03. The zero-order valence-electron chi connectivity index (χ0n) is 19.6. The van der Waals surface area contributed by atoms with E-state index in [1.54, 1.807) is 0 Å². The molecule has 0 bridgehead atoms. The van der Waals surface area contributed by atoms with Crippen molar-refractivity contribution in [2.75, 3.05) is 18.9 Å². The third-order valence-electron chi connectivity index (χ3n) is 7.30. The van der Waals surface area contributed by atoms with Crippen molar-refractivity contribution in [3.8, 4) is 5.75 Å². The summed E-state index contributed by atoms with van der Waals surface area (Å²) in [5.41, 5.74) is 12.4. The van der Waals surface area contributed by atoms with E-state index in [4.69, 9.17) is 19.9 Å². The first-order valence-corrected chi connectivity index (χ1v) is 11.7. The van der Waals surface area contributed by atoms with Crippen molar-refractivity contribution in [3.63, 3.8) is 0 Å². The van der Waals surface area contributed by atoms with Crippen LogP contribution in [0.15, 0.2) is 30.3 Å². The number of nitrogens with two attached hydrogens (primary N) is 1. The van der Waals surface area contributed by atoms with Gasteiger partial charge in [0.05, 0.1) is 17.7 Å². The van der Waals surface area contributed by atoms with Gasteiger partial charge >= 0.3 is 0 Å². The van der Waals surface area contributed by atoms with Crippen LogP contribution in [-0.2, 0) is 14.9 Å². The Morgan fingerprint density at radius 3 is 2.64 bits per heavy atom. The number of nitrogens with one attached hydrogen (secondary N) is 1. The topological polar surface area (TPSA) is 86.6 Å². The molecule has 2 fully saturated rings. The van der Waals surface area contributed by atoms with Crippen molar-refractivity contribution in [1.29, 1.82) is 0 Å². The highest BCUT2D eigenvalue weighted by Crippen LogP contribution is 2.50. The van der Waals surface area contributed by atoms with Crippen molar-refractivity contribution in [1.82, 2.24) is 4.98 Å². The maximum absolute atomic E-state index is 13.7. The SMILES string of the molecule is CC1(C)OC[C@H](COc2ccc3c(c2)C(C)(C)c2[nH]c4c(C5CC5)c(N)ccc4c2C3=O)O1. The van der Waals surface area contributed by atoms with Crippen LogP contribution < -0.4 is 10.5 Å². The zero-order chi connectivity index (χ0) is 23.1. The number of rotatable bonds is 4. The minimum atomic E-state index is -0.576. The second-order valence-corrected chi connectivity index (χ2v) is 10.6. The van der Waals surface area contributed by atoms with Crippen LogP contribution in [-0.4, -0.2) is 35.9 Å². The average Bonchev–Trinajstić information content (AvgIpc) is 3.42. The Labute approximate surface area is 193 Å². The van der Waals surface area contributed by atoms with E-state index in [0.717, 1.165) is 57.6 Å². The smallest absolute Gasteiger partial charge is 0.195 e. The molecule has 0 unspecified atom stereocenters. The number of hydrogen-bond donors (Lipinski definition) is 2. The number of benzene rings is 2. The summed E-state index contributed by atoms with van der Waals surface area (Å²) < 4.78 is 17.5. The van der Waals surface area contributed by atoms with Crippen molar-refractivity contribution in [3.05, 3.63) is 58.3 Å². The lowest BCUT2D eigenvalue weighted by atomic mass is 9.71. The maximum Gasteiger partial charge on any atom is 0.195 e. The monoisotopic (exact) mass is 446 g/mol. The molecule has 6 nitrogen and oxygen atoms in total. The molecule has 2 aliphatic carbocycles. The average molecular weight is 447 g/mol.